The Morgan fingerprint density at radius 1 is 1.38 bits per heavy atom. The maximum absolute atomic E-state index is 13.2. The zero-order valence-electron chi connectivity index (χ0n) is 10.8. The molecule has 1 amide bonds. The van der Waals surface area contributed by atoms with Crippen molar-refractivity contribution in [3.63, 3.8) is 0 Å². The monoisotopic (exact) mass is 309 g/mol. The zero-order valence-corrected chi connectivity index (χ0v) is 11.5. The third-order valence-electron chi connectivity index (χ3n) is 2.70. The normalized spacial score (nSPS) is 10.2. The van der Waals surface area contributed by atoms with Crippen LogP contribution in [-0.2, 0) is 0 Å². The molecule has 0 saturated carbocycles. The van der Waals surface area contributed by atoms with Crippen LogP contribution in [0, 0.1) is 22.9 Å². The molecule has 108 valence electrons. The van der Waals surface area contributed by atoms with Gasteiger partial charge in [0, 0.05) is 6.07 Å². The Kier molecular flexibility index (Phi) is 4.13. The summed E-state index contributed by atoms with van der Waals surface area (Å²) in [6.07, 6.45) is 0. The summed E-state index contributed by atoms with van der Waals surface area (Å²) in [4.78, 5) is 26.2. The lowest BCUT2D eigenvalue weighted by molar-refractivity contribution is -0.385. The van der Waals surface area contributed by atoms with Crippen LogP contribution in [-0.4, -0.2) is 15.8 Å². The van der Waals surface area contributed by atoms with Crippen LogP contribution in [0.2, 0.25) is 5.15 Å². The van der Waals surface area contributed by atoms with Crippen molar-refractivity contribution in [3.8, 4) is 0 Å². The Balaban J connectivity index is 2.36. The van der Waals surface area contributed by atoms with Crippen molar-refractivity contribution in [2.75, 3.05) is 5.32 Å². The molecule has 1 heterocycles. The van der Waals surface area contributed by atoms with E-state index < -0.39 is 22.3 Å². The van der Waals surface area contributed by atoms with Crippen LogP contribution in [0.25, 0.3) is 0 Å². The highest BCUT2D eigenvalue weighted by atomic mass is 35.5. The molecule has 21 heavy (non-hydrogen) atoms. The molecule has 1 aromatic heterocycles. The summed E-state index contributed by atoms with van der Waals surface area (Å²) in [5.41, 5.74) is -0.0688. The van der Waals surface area contributed by atoms with Crippen LogP contribution in [0.1, 0.15) is 16.1 Å². The third-order valence-corrected chi connectivity index (χ3v) is 2.91. The first kappa shape index (κ1) is 14.9. The minimum absolute atomic E-state index is 0.252. The van der Waals surface area contributed by atoms with E-state index in [-0.39, 0.29) is 10.7 Å². The first-order valence-electron chi connectivity index (χ1n) is 5.77. The highest BCUT2D eigenvalue weighted by Crippen LogP contribution is 2.22. The number of carbonyl (C=O) groups is 1. The number of nitrogens with one attached hydrogen (secondary N) is 1. The third kappa shape index (κ3) is 3.32. The van der Waals surface area contributed by atoms with E-state index in [1.165, 1.54) is 12.1 Å². The van der Waals surface area contributed by atoms with Gasteiger partial charge in [0.1, 0.15) is 16.5 Å². The van der Waals surface area contributed by atoms with Gasteiger partial charge in [-0.05, 0) is 31.2 Å². The molecule has 0 atom stereocenters. The molecule has 1 N–H and O–H groups in total. The first-order valence-corrected chi connectivity index (χ1v) is 6.14. The number of nitrogens with zero attached hydrogens (tertiary/aromatic N) is 2. The Bertz CT molecular complexity index is 737. The number of hydrogen-bond donors (Lipinski definition) is 1. The second kappa shape index (κ2) is 5.84. The summed E-state index contributed by atoms with van der Waals surface area (Å²) < 4.78 is 13.2. The average Bonchev–Trinajstić information content (AvgIpc) is 2.41. The molecule has 2 rings (SSSR count). The van der Waals surface area contributed by atoms with Crippen molar-refractivity contribution in [1.82, 2.24) is 4.98 Å². The van der Waals surface area contributed by atoms with Gasteiger partial charge in [0.05, 0.1) is 16.3 Å². The number of aromatic nitrogens is 1. The number of aryl methyl sites for hydroxylation is 1. The summed E-state index contributed by atoms with van der Waals surface area (Å²) in [7, 11) is 0. The first-order chi connectivity index (χ1) is 9.88. The molecule has 0 saturated heterocycles. The Hall–Kier alpha value is -2.54. The summed E-state index contributed by atoms with van der Waals surface area (Å²) >= 11 is 5.70. The van der Waals surface area contributed by atoms with Crippen LogP contribution in [0.5, 0.6) is 0 Å². The number of nitro groups is 1. The van der Waals surface area contributed by atoms with Gasteiger partial charge in [-0.1, -0.05) is 11.6 Å². The highest BCUT2D eigenvalue weighted by molar-refractivity contribution is 6.29. The number of amides is 1. The maximum Gasteiger partial charge on any atom is 0.282 e. The van der Waals surface area contributed by atoms with Gasteiger partial charge in [0.2, 0.25) is 0 Å². The lowest BCUT2D eigenvalue weighted by Crippen LogP contribution is -2.15. The van der Waals surface area contributed by atoms with Gasteiger partial charge < -0.3 is 5.32 Å². The number of benzene rings is 1. The Morgan fingerprint density at radius 2 is 2.10 bits per heavy atom. The van der Waals surface area contributed by atoms with Gasteiger partial charge in [-0.25, -0.2) is 9.37 Å². The predicted octanol–water partition coefficient (Wildman–Crippen LogP) is 3.34. The minimum atomic E-state index is -0.798. The Morgan fingerprint density at radius 3 is 2.71 bits per heavy atom. The number of rotatable bonds is 3. The molecule has 0 unspecified atom stereocenters. The van der Waals surface area contributed by atoms with Crippen LogP contribution < -0.4 is 5.32 Å². The van der Waals surface area contributed by atoms with E-state index in [2.05, 4.69) is 10.3 Å². The molecule has 0 radical (unpaired) electrons. The number of anilines is 1. The van der Waals surface area contributed by atoms with E-state index >= 15 is 0 Å². The topological polar surface area (TPSA) is 85.1 Å². The van der Waals surface area contributed by atoms with Crippen molar-refractivity contribution in [3.05, 3.63) is 62.7 Å². The molecular formula is C13H9ClFN3O3. The molecule has 0 spiro atoms. The second-order valence-electron chi connectivity index (χ2n) is 4.14. The van der Waals surface area contributed by atoms with Gasteiger partial charge in [0.25, 0.3) is 11.6 Å². The van der Waals surface area contributed by atoms with Gasteiger partial charge >= 0.3 is 0 Å². The lowest BCUT2D eigenvalue weighted by Gasteiger charge is -2.08. The maximum atomic E-state index is 13.2. The van der Waals surface area contributed by atoms with Gasteiger partial charge in [-0.15, -0.1) is 0 Å². The van der Waals surface area contributed by atoms with E-state index in [1.54, 1.807) is 6.92 Å². The molecular weight excluding hydrogens is 301 g/mol. The summed E-state index contributed by atoms with van der Waals surface area (Å²) in [6.45, 7) is 1.61. The number of pyridine rings is 1. The molecule has 0 fully saturated rings. The number of hydrogen-bond acceptors (Lipinski definition) is 4. The van der Waals surface area contributed by atoms with Crippen molar-refractivity contribution < 1.29 is 14.1 Å². The molecule has 0 aliphatic carbocycles. The van der Waals surface area contributed by atoms with Gasteiger partial charge in [-0.2, -0.15) is 0 Å². The fourth-order valence-corrected chi connectivity index (χ4v) is 1.89. The standard InChI is InChI=1S/C13H9ClFN3O3/c1-7-10(3-5-12(14)16-7)17-13(19)9-6-8(15)2-4-11(9)18(20)21/h2-6H,1H3,(H,17,19). The number of nitro benzene ring substituents is 1. The fraction of sp³-hybridized carbons (Fsp3) is 0.0769. The molecule has 0 aliphatic rings. The van der Waals surface area contributed by atoms with E-state index in [1.807, 2.05) is 0 Å². The van der Waals surface area contributed by atoms with Crippen LogP contribution in [0.4, 0.5) is 15.8 Å². The summed E-state index contributed by atoms with van der Waals surface area (Å²) in [6, 6.07) is 5.64. The predicted molar refractivity (Wildman–Crippen MR) is 75.0 cm³/mol. The van der Waals surface area contributed by atoms with Crippen molar-refractivity contribution in [2.24, 2.45) is 0 Å². The van der Waals surface area contributed by atoms with Gasteiger partial charge in [0.15, 0.2) is 0 Å². The minimum Gasteiger partial charge on any atom is -0.320 e. The van der Waals surface area contributed by atoms with Crippen molar-refractivity contribution >= 4 is 28.9 Å². The van der Waals surface area contributed by atoms with Crippen molar-refractivity contribution in [1.29, 1.82) is 0 Å². The number of halogens is 2. The molecule has 0 aliphatic heterocycles. The summed E-state index contributed by atoms with van der Waals surface area (Å²) in [5.74, 6) is -1.54. The number of carbonyl (C=O) groups excluding carboxylic acids is 1. The van der Waals surface area contributed by atoms with E-state index in [0.29, 0.717) is 11.4 Å². The fourth-order valence-electron chi connectivity index (χ4n) is 1.70. The Labute approximate surface area is 123 Å². The molecule has 0 bridgehead atoms. The highest BCUT2D eigenvalue weighted by Gasteiger charge is 2.21. The van der Waals surface area contributed by atoms with E-state index in [0.717, 1.165) is 18.2 Å². The van der Waals surface area contributed by atoms with Crippen LogP contribution >= 0.6 is 11.6 Å². The van der Waals surface area contributed by atoms with E-state index in [4.69, 9.17) is 11.6 Å². The largest absolute Gasteiger partial charge is 0.320 e. The molecule has 2 aromatic rings. The smallest absolute Gasteiger partial charge is 0.282 e. The zero-order chi connectivity index (χ0) is 15.6. The van der Waals surface area contributed by atoms with E-state index in [9.17, 15) is 19.3 Å². The second-order valence-corrected chi connectivity index (χ2v) is 4.53. The lowest BCUT2D eigenvalue weighted by atomic mass is 10.1. The molecule has 1 aromatic carbocycles. The molecule has 6 nitrogen and oxygen atoms in total. The van der Waals surface area contributed by atoms with Crippen LogP contribution in [0.15, 0.2) is 30.3 Å². The van der Waals surface area contributed by atoms with Crippen molar-refractivity contribution in [2.45, 2.75) is 6.92 Å². The molecule has 8 heteroatoms. The van der Waals surface area contributed by atoms with Crippen LogP contribution in [0.3, 0.4) is 0 Å². The quantitative estimate of drug-likeness (QED) is 0.535. The SMILES string of the molecule is Cc1nc(Cl)ccc1NC(=O)c1cc(F)ccc1[N+](=O)[O-]. The van der Waals surface area contributed by atoms with Gasteiger partial charge in [-0.3, -0.25) is 14.9 Å². The average molecular weight is 310 g/mol. The summed E-state index contributed by atoms with van der Waals surface area (Å²) in [5, 5.41) is 13.6.